The van der Waals surface area contributed by atoms with Gasteiger partial charge in [-0.25, -0.2) is 9.78 Å². The fraction of sp³-hybridized carbons (Fsp3) is 0.179. The van der Waals surface area contributed by atoms with Crippen LogP contribution in [0.3, 0.4) is 0 Å². The van der Waals surface area contributed by atoms with Crippen molar-refractivity contribution in [1.82, 2.24) is 9.97 Å². The second kappa shape index (κ2) is 10.8. The Balaban J connectivity index is 0.000000213. The largest absolute Gasteiger partial charge is 0.494 e. The van der Waals surface area contributed by atoms with E-state index in [0.717, 1.165) is 45.0 Å². The average molecular weight is 646 g/mol. The van der Waals surface area contributed by atoms with Gasteiger partial charge in [0.2, 0.25) is 0 Å². The summed E-state index contributed by atoms with van der Waals surface area (Å²) in [6.07, 6.45) is 1.83. The molecule has 35 heavy (non-hydrogen) atoms. The van der Waals surface area contributed by atoms with Gasteiger partial charge in [0, 0.05) is 32.0 Å². The molecule has 0 amide bonds. The van der Waals surface area contributed by atoms with Gasteiger partial charge in [0.25, 0.3) is 0 Å². The predicted octanol–water partition coefficient (Wildman–Crippen LogP) is 6.77. The number of benzene rings is 2. The van der Waals surface area contributed by atoms with E-state index in [-0.39, 0.29) is 25.8 Å². The van der Waals surface area contributed by atoms with E-state index < -0.39 is 5.97 Å². The number of fused-ring (bicyclic) bond motifs is 2. The van der Waals surface area contributed by atoms with E-state index in [2.05, 4.69) is 16.0 Å². The van der Waals surface area contributed by atoms with Crippen LogP contribution in [0.5, 0.6) is 23.0 Å². The van der Waals surface area contributed by atoms with Crippen molar-refractivity contribution in [1.29, 1.82) is 0 Å². The number of ether oxygens (including phenoxy) is 2. The topological polar surface area (TPSA) is 81.5 Å². The first-order valence-corrected chi connectivity index (χ1v) is 10.9. The molecule has 0 saturated carbocycles. The quantitative estimate of drug-likeness (QED) is 0.214. The Bertz CT molecular complexity index is 1380. The Hall–Kier alpha value is -3.54. The van der Waals surface area contributed by atoms with Crippen LogP contribution in [0.2, 0.25) is 0 Å². The van der Waals surface area contributed by atoms with Crippen LogP contribution in [0.1, 0.15) is 38.4 Å². The first-order chi connectivity index (χ1) is 16.3. The zero-order valence-corrected chi connectivity index (χ0v) is 22.5. The number of pyridine rings is 2. The van der Waals surface area contributed by atoms with Crippen LogP contribution in [0.15, 0.2) is 54.7 Å². The van der Waals surface area contributed by atoms with E-state index in [1.807, 2.05) is 82.4 Å². The summed E-state index contributed by atoms with van der Waals surface area (Å²) in [4.78, 5) is 19.3. The van der Waals surface area contributed by atoms with E-state index in [9.17, 15) is 4.79 Å². The zero-order valence-electron chi connectivity index (χ0n) is 20.1. The van der Waals surface area contributed by atoms with Gasteiger partial charge in [0.05, 0.1) is 11.5 Å². The molecule has 0 spiro atoms. The van der Waals surface area contributed by atoms with Crippen molar-refractivity contribution < 1.29 is 39.5 Å². The number of aromatic carboxylic acids is 1. The van der Waals surface area contributed by atoms with Crippen LogP contribution < -0.4 is 9.47 Å². The normalized spacial score (nSPS) is 10.9. The number of para-hydroxylation sites is 2. The van der Waals surface area contributed by atoms with Crippen LogP contribution in [-0.2, 0) is 20.1 Å². The predicted molar refractivity (Wildman–Crippen MR) is 130 cm³/mol. The summed E-state index contributed by atoms with van der Waals surface area (Å²) in [6.45, 7) is 9.51. The summed E-state index contributed by atoms with van der Waals surface area (Å²) in [5, 5.41) is 8.84. The van der Waals surface area contributed by atoms with Gasteiger partial charge in [-0.15, -0.1) is 12.1 Å². The summed E-state index contributed by atoms with van der Waals surface area (Å²) in [7, 11) is 0. The number of carboxylic acids is 1. The Morgan fingerprint density at radius 1 is 0.857 bits per heavy atom. The van der Waals surface area contributed by atoms with Crippen LogP contribution >= 0.6 is 0 Å². The molecule has 5 rings (SSSR count). The van der Waals surface area contributed by atoms with Crippen molar-refractivity contribution in [2.75, 3.05) is 0 Å². The van der Waals surface area contributed by atoms with E-state index in [1.165, 1.54) is 0 Å². The fourth-order valence-electron chi connectivity index (χ4n) is 3.57. The molecule has 1 aliphatic heterocycles. The maximum atomic E-state index is 10.8. The minimum Gasteiger partial charge on any atom is -0.494 e. The number of carbonyl (C=O) groups is 1. The maximum Gasteiger partial charge on any atom is 0.354 e. The Kier molecular flexibility index (Phi) is 8.05. The molecule has 3 heterocycles. The molecule has 0 aliphatic carbocycles. The molecule has 1 radical (unpaired) electrons. The molecule has 181 valence electrons. The fourth-order valence-corrected chi connectivity index (χ4v) is 3.57. The summed E-state index contributed by atoms with van der Waals surface area (Å²) in [5.74, 6) is 1.82. The third-order valence-electron chi connectivity index (χ3n) is 5.87. The minimum absolute atomic E-state index is 0. The Morgan fingerprint density at radius 3 is 2.17 bits per heavy atom. The number of nitrogens with zero attached hydrogens (tertiary/aromatic N) is 2. The maximum absolute atomic E-state index is 10.8. The van der Waals surface area contributed by atoms with E-state index in [1.54, 1.807) is 6.92 Å². The summed E-state index contributed by atoms with van der Waals surface area (Å²) < 4.78 is 11.9. The smallest absolute Gasteiger partial charge is 0.354 e. The van der Waals surface area contributed by atoms with Gasteiger partial charge < -0.3 is 19.6 Å². The van der Waals surface area contributed by atoms with Crippen molar-refractivity contribution in [3.63, 3.8) is 0 Å². The van der Waals surface area contributed by atoms with E-state index in [0.29, 0.717) is 17.2 Å². The molecule has 0 unspecified atom stereocenters. The first kappa shape index (κ1) is 26.1. The van der Waals surface area contributed by atoms with Gasteiger partial charge >= 0.3 is 5.97 Å². The SMILES string of the molecule is Cc1ccc(-c2[c-]ccc3c2Oc2ccccc2O3)nc1.Cc1nc(C(=O)O)c(C)c(C)c1C.[Ir]. The Labute approximate surface area is 218 Å². The van der Waals surface area contributed by atoms with Crippen molar-refractivity contribution in [2.45, 2.75) is 34.6 Å². The number of carboxylic acid groups (broad SMARTS) is 1. The molecular formula is C28H25IrN2O4-. The molecule has 0 saturated heterocycles. The Morgan fingerprint density at radius 2 is 1.54 bits per heavy atom. The van der Waals surface area contributed by atoms with Gasteiger partial charge in [0.1, 0.15) is 0 Å². The minimum atomic E-state index is -0.955. The average Bonchev–Trinajstić information content (AvgIpc) is 2.84. The third kappa shape index (κ3) is 5.42. The van der Waals surface area contributed by atoms with Gasteiger partial charge in [0.15, 0.2) is 17.2 Å². The molecule has 1 aliphatic rings. The van der Waals surface area contributed by atoms with Gasteiger partial charge in [-0.2, -0.15) is 0 Å². The summed E-state index contributed by atoms with van der Waals surface area (Å²) in [5.41, 5.74) is 6.55. The zero-order chi connectivity index (χ0) is 24.4. The number of hydrogen-bond donors (Lipinski definition) is 1. The van der Waals surface area contributed by atoms with Crippen LogP contribution in [0.25, 0.3) is 11.3 Å². The molecule has 4 aromatic rings. The molecule has 6 nitrogen and oxygen atoms in total. The number of aromatic nitrogens is 2. The van der Waals surface area contributed by atoms with Crippen LogP contribution in [0, 0.1) is 40.7 Å². The van der Waals surface area contributed by atoms with Crippen LogP contribution in [-0.4, -0.2) is 21.0 Å². The van der Waals surface area contributed by atoms with Crippen molar-refractivity contribution in [2.24, 2.45) is 0 Å². The molecular weight excluding hydrogens is 621 g/mol. The summed E-state index contributed by atoms with van der Waals surface area (Å²) in [6, 6.07) is 18.5. The van der Waals surface area contributed by atoms with Gasteiger partial charge in [-0.05, 0) is 74.7 Å². The van der Waals surface area contributed by atoms with E-state index in [4.69, 9.17) is 14.6 Å². The summed E-state index contributed by atoms with van der Waals surface area (Å²) >= 11 is 0. The molecule has 0 bridgehead atoms. The molecule has 1 N–H and O–H groups in total. The van der Waals surface area contributed by atoms with E-state index >= 15 is 0 Å². The molecule has 0 fully saturated rings. The number of rotatable bonds is 2. The molecule has 2 aromatic carbocycles. The monoisotopic (exact) mass is 646 g/mol. The van der Waals surface area contributed by atoms with Gasteiger partial charge in [-0.3, -0.25) is 0 Å². The second-order valence-corrected chi connectivity index (χ2v) is 8.14. The number of aryl methyl sites for hydroxylation is 2. The second-order valence-electron chi connectivity index (χ2n) is 8.14. The van der Waals surface area contributed by atoms with Crippen LogP contribution in [0.4, 0.5) is 0 Å². The van der Waals surface area contributed by atoms with Crippen molar-refractivity contribution >= 4 is 5.97 Å². The molecule has 0 atom stereocenters. The third-order valence-corrected chi connectivity index (χ3v) is 5.87. The van der Waals surface area contributed by atoms with Crippen molar-refractivity contribution in [3.05, 3.63) is 94.4 Å². The number of hydrogen-bond acceptors (Lipinski definition) is 5. The first-order valence-electron chi connectivity index (χ1n) is 10.9. The standard InChI is InChI=1S/C18H12NO2.C10H13NO2.Ir/c1-12-9-10-14(19-11-12)13-5-4-8-17-18(13)21-16-7-3-2-6-15(16)20-17;1-5-6(2)8(4)11-9(7(5)3)10(12)13;/h2-4,6-11H,1H3;1-4H3,(H,12,13);/q-1;;. The molecule has 7 heteroatoms. The van der Waals surface area contributed by atoms with Gasteiger partial charge in [-0.1, -0.05) is 35.9 Å². The molecule has 2 aromatic heterocycles. The van der Waals surface area contributed by atoms with Crippen molar-refractivity contribution in [3.8, 4) is 34.3 Å².